The summed E-state index contributed by atoms with van der Waals surface area (Å²) >= 11 is 0. The van der Waals surface area contributed by atoms with Crippen LogP contribution in [0.3, 0.4) is 0 Å². The number of nitrogens with zero attached hydrogens (tertiary/aromatic N) is 3. The lowest BCUT2D eigenvalue weighted by Gasteiger charge is -2.08. The molecule has 0 radical (unpaired) electrons. The highest BCUT2D eigenvalue weighted by Gasteiger charge is 2.08. The second-order valence-corrected chi connectivity index (χ2v) is 3.79. The molecule has 7 heteroatoms. The Morgan fingerprint density at radius 2 is 2.37 bits per heavy atom. The summed E-state index contributed by atoms with van der Waals surface area (Å²) in [5, 5.41) is 3.03. The number of imidazole rings is 1. The fraction of sp³-hybridized carbons (Fsp3) is 0.0833. The highest BCUT2D eigenvalue weighted by molar-refractivity contribution is 5.85. The zero-order valence-electron chi connectivity index (χ0n) is 12.7. The average Bonchev–Trinajstić information content (AvgIpc) is 2.85. The number of nitrogens with one attached hydrogen (secondary N) is 2. The number of rotatable bonds is 3. The molecule has 0 bridgehead atoms. The molecule has 3 rings (SSSR count). The Labute approximate surface area is 113 Å². The van der Waals surface area contributed by atoms with Crippen LogP contribution < -0.4 is 15.8 Å². The Kier molecular flexibility index (Phi) is 1.94. The number of hydrogen-bond donors (Lipinski definition) is 3. The third-order valence-electron chi connectivity index (χ3n) is 2.52. The number of ether oxygens (including phenoxy) is 1. The van der Waals surface area contributed by atoms with Crippen LogP contribution in [-0.2, 0) is 0 Å². The number of aromatic amines is 1. The summed E-state index contributed by atoms with van der Waals surface area (Å²) in [5.41, 5.74) is 7.26. The lowest BCUT2D eigenvalue weighted by Crippen LogP contribution is -2.01. The molecule has 19 heavy (non-hydrogen) atoms. The second-order valence-electron chi connectivity index (χ2n) is 3.79. The molecule has 0 saturated heterocycles. The maximum absolute atomic E-state index is 7.12. The van der Waals surface area contributed by atoms with Gasteiger partial charge in [-0.2, -0.15) is 9.97 Å². The van der Waals surface area contributed by atoms with Crippen molar-refractivity contribution in [3.05, 3.63) is 30.6 Å². The SMILES string of the molecule is [2H]C([2H])([2H])Oc1cccc(Nc2nc(N)nc3nc[nH]c23)c1. The minimum absolute atomic E-state index is 0.0806. The van der Waals surface area contributed by atoms with Crippen LogP contribution in [0.2, 0.25) is 0 Å². The molecule has 0 unspecified atom stereocenters. The van der Waals surface area contributed by atoms with Crippen LogP contribution in [0.1, 0.15) is 4.11 Å². The second kappa shape index (κ2) is 4.45. The molecular formula is C12H12N6O. The van der Waals surface area contributed by atoms with Crippen molar-refractivity contribution >= 4 is 28.6 Å². The molecule has 3 aromatic rings. The maximum Gasteiger partial charge on any atom is 0.224 e. The van der Waals surface area contributed by atoms with Gasteiger partial charge in [0.25, 0.3) is 0 Å². The summed E-state index contributed by atoms with van der Waals surface area (Å²) < 4.78 is 26.2. The number of nitrogens with two attached hydrogens (primary N) is 1. The van der Waals surface area contributed by atoms with Gasteiger partial charge in [0.05, 0.1) is 17.5 Å². The van der Waals surface area contributed by atoms with Gasteiger partial charge in [0.1, 0.15) is 11.3 Å². The van der Waals surface area contributed by atoms with E-state index in [9.17, 15) is 0 Å². The number of benzene rings is 1. The average molecular weight is 259 g/mol. The van der Waals surface area contributed by atoms with Gasteiger partial charge < -0.3 is 20.8 Å². The van der Waals surface area contributed by atoms with Crippen LogP contribution in [0.4, 0.5) is 17.5 Å². The summed E-state index contributed by atoms with van der Waals surface area (Å²) in [5.74, 6) is 0.732. The quantitative estimate of drug-likeness (QED) is 0.661. The topological polar surface area (TPSA) is 102 Å². The Morgan fingerprint density at radius 3 is 3.26 bits per heavy atom. The molecule has 0 fully saturated rings. The monoisotopic (exact) mass is 259 g/mol. The number of anilines is 3. The zero-order valence-corrected chi connectivity index (χ0v) is 9.71. The molecule has 0 amide bonds. The normalized spacial score (nSPS) is 13.6. The lowest BCUT2D eigenvalue weighted by molar-refractivity contribution is 0.415. The van der Waals surface area contributed by atoms with Gasteiger partial charge in [-0.3, -0.25) is 0 Å². The van der Waals surface area contributed by atoms with E-state index in [0.717, 1.165) is 0 Å². The minimum Gasteiger partial charge on any atom is -0.497 e. The highest BCUT2D eigenvalue weighted by Crippen LogP contribution is 2.24. The molecule has 2 aromatic heterocycles. The Hall–Kier alpha value is -2.83. The molecule has 0 aliphatic carbocycles. The van der Waals surface area contributed by atoms with Crippen molar-refractivity contribution in [3.63, 3.8) is 0 Å². The largest absolute Gasteiger partial charge is 0.497 e. The number of methoxy groups -OCH3 is 1. The van der Waals surface area contributed by atoms with Crippen LogP contribution in [0, 0.1) is 0 Å². The van der Waals surface area contributed by atoms with E-state index in [4.69, 9.17) is 14.6 Å². The summed E-state index contributed by atoms with van der Waals surface area (Å²) in [4.78, 5) is 15.0. The van der Waals surface area contributed by atoms with Gasteiger partial charge in [-0.1, -0.05) is 6.07 Å². The first-order valence-electron chi connectivity index (χ1n) is 6.93. The standard InChI is InChI=1S/C12H12N6O/c1-19-8-4-2-3-7(5-8)16-11-9-10(15-6-14-9)17-12(13)18-11/h2-6H,1H3,(H4,13,14,15,16,17,18)/i1D3. The fourth-order valence-electron chi connectivity index (χ4n) is 1.71. The first-order valence-corrected chi connectivity index (χ1v) is 5.43. The van der Waals surface area contributed by atoms with E-state index in [-0.39, 0.29) is 11.7 Å². The molecule has 96 valence electrons. The van der Waals surface area contributed by atoms with Crippen molar-refractivity contribution in [3.8, 4) is 5.75 Å². The molecule has 7 nitrogen and oxygen atoms in total. The Morgan fingerprint density at radius 1 is 1.42 bits per heavy atom. The predicted octanol–water partition coefficient (Wildman–Crippen LogP) is 1.69. The lowest BCUT2D eigenvalue weighted by atomic mass is 10.3. The van der Waals surface area contributed by atoms with Crippen LogP contribution >= 0.6 is 0 Å². The number of nitrogen functional groups attached to an aromatic ring is 1. The van der Waals surface area contributed by atoms with Gasteiger partial charge in [-0.05, 0) is 12.1 Å². The van der Waals surface area contributed by atoms with Crippen molar-refractivity contribution < 1.29 is 8.85 Å². The van der Waals surface area contributed by atoms with E-state index in [1.807, 2.05) is 0 Å². The number of aromatic nitrogens is 4. The molecule has 2 heterocycles. The molecule has 0 spiro atoms. The van der Waals surface area contributed by atoms with Crippen molar-refractivity contribution in [1.82, 2.24) is 19.9 Å². The van der Waals surface area contributed by atoms with E-state index < -0.39 is 7.04 Å². The number of H-pyrrole nitrogens is 1. The third kappa shape index (κ3) is 2.13. The highest BCUT2D eigenvalue weighted by atomic mass is 16.5. The molecule has 0 aliphatic heterocycles. The van der Waals surface area contributed by atoms with E-state index in [1.54, 1.807) is 24.3 Å². The van der Waals surface area contributed by atoms with E-state index in [1.165, 1.54) is 6.33 Å². The summed E-state index contributed by atoms with van der Waals surface area (Å²) in [7, 11) is -2.51. The first-order chi connectivity index (χ1) is 10.4. The minimum atomic E-state index is -2.51. The van der Waals surface area contributed by atoms with Crippen LogP contribution in [0.15, 0.2) is 30.6 Å². The summed E-state index contributed by atoms with van der Waals surface area (Å²) in [6.45, 7) is 0. The van der Waals surface area contributed by atoms with Crippen LogP contribution in [0.25, 0.3) is 11.2 Å². The van der Waals surface area contributed by atoms with Gasteiger partial charge in [0.15, 0.2) is 11.5 Å². The van der Waals surface area contributed by atoms with E-state index in [0.29, 0.717) is 22.7 Å². The van der Waals surface area contributed by atoms with Gasteiger partial charge in [0, 0.05) is 11.8 Å². The zero-order chi connectivity index (χ0) is 15.7. The molecular weight excluding hydrogens is 244 g/mol. The summed E-state index contributed by atoms with van der Waals surface area (Å²) in [6, 6.07) is 6.51. The number of fused-ring (bicyclic) bond motifs is 1. The molecule has 4 N–H and O–H groups in total. The summed E-state index contributed by atoms with van der Waals surface area (Å²) in [6.07, 6.45) is 1.48. The molecule has 0 saturated carbocycles. The van der Waals surface area contributed by atoms with Crippen LogP contribution in [0.5, 0.6) is 5.75 Å². The van der Waals surface area contributed by atoms with Crippen molar-refractivity contribution in [2.75, 3.05) is 18.1 Å². The predicted molar refractivity (Wildman–Crippen MR) is 72.4 cm³/mol. The Bertz CT molecular complexity index is 816. The fourth-order valence-corrected chi connectivity index (χ4v) is 1.71. The molecule has 0 aliphatic rings. The Balaban J connectivity index is 1.92. The molecule has 0 atom stereocenters. The maximum atomic E-state index is 7.12. The van der Waals surface area contributed by atoms with Gasteiger partial charge in [0.2, 0.25) is 5.95 Å². The van der Waals surface area contributed by atoms with E-state index in [2.05, 4.69) is 25.3 Å². The van der Waals surface area contributed by atoms with Crippen molar-refractivity contribution in [2.45, 2.75) is 0 Å². The molecule has 1 aromatic carbocycles. The van der Waals surface area contributed by atoms with Gasteiger partial charge >= 0.3 is 0 Å². The number of hydrogen-bond acceptors (Lipinski definition) is 6. The smallest absolute Gasteiger partial charge is 0.224 e. The van der Waals surface area contributed by atoms with Crippen molar-refractivity contribution in [1.29, 1.82) is 0 Å². The van der Waals surface area contributed by atoms with Crippen LogP contribution in [-0.4, -0.2) is 27.0 Å². The van der Waals surface area contributed by atoms with Crippen molar-refractivity contribution in [2.24, 2.45) is 0 Å². The first kappa shape index (κ1) is 8.30. The van der Waals surface area contributed by atoms with E-state index >= 15 is 0 Å². The third-order valence-corrected chi connectivity index (χ3v) is 2.52. The van der Waals surface area contributed by atoms with Gasteiger partial charge in [-0.25, -0.2) is 4.98 Å². The van der Waals surface area contributed by atoms with Gasteiger partial charge in [-0.15, -0.1) is 0 Å².